The number of rotatable bonds is 6. The summed E-state index contributed by atoms with van der Waals surface area (Å²) in [5.74, 6) is 6.72. The maximum Gasteiger partial charge on any atom is 0.120 e. The van der Waals surface area contributed by atoms with Crippen molar-refractivity contribution in [1.82, 2.24) is 4.90 Å². The molecule has 0 radical (unpaired) electrons. The molecular weight excluding hydrogens is 236 g/mol. The van der Waals surface area contributed by atoms with E-state index < -0.39 is 0 Å². The van der Waals surface area contributed by atoms with E-state index >= 15 is 0 Å². The second-order valence-electron chi connectivity index (χ2n) is 4.60. The summed E-state index contributed by atoms with van der Waals surface area (Å²) in [7, 11) is 0. The van der Waals surface area contributed by atoms with Gasteiger partial charge in [0, 0.05) is 18.2 Å². The second kappa shape index (κ2) is 8.58. The van der Waals surface area contributed by atoms with Crippen LogP contribution in [0.4, 0.5) is 0 Å². The average molecular weight is 260 g/mol. The van der Waals surface area contributed by atoms with E-state index in [1.54, 1.807) is 0 Å². The van der Waals surface area contributed by atoms with Gasteiger partial charge in [-0.2, -0.15) is 0 Å². The lowest BCUT2D eigenvalue weighted by Crippen LogP contribution is -2.34. The van der Waals surface area contributed by atoms with Gasteiger partial charge in [0.2, 0.25) is 0 Å². The Balaban J connectivity index is 2.49. The van der Waals surface area contributed by atoms with Gasteiger partial charge in [-0.05, 0) is 38.6 Å². The fourth-order valence-electron chi connectivity index (χ4n) is 1.88. The third-order valence-electron chi connectivity index (χ3n) is 2.95. The summed E-state index contributed by atoms with van der Waals surface area (Å²) in [6, 6.07) is 8.38. The molecule has 0 unspecified atom stereocenters. The maximum absolute atomic E-state index is 5.77. The molecule has 0 aliphatic heterocycles. The number of hydrogen-bond donors (Lipinski definition) is 1. The van der Waals surface area contributed by atoms with Gasteiger partial charge in [0.15, 0.2) is 0 Å². The van der Waals surface area contributed by atoms with Crippen LogP contribution in [0.25, 0.3) is 0 Å². The molecule has 2 N–H and O–H groups in total. The van der Waals surface area contributed by atoms with Gasteiger partial charge in [0.25, 0.3) is 0 Å². The summed E-state index contributed by atoms with van der Waals surface area (Å²) in [6.07, 6.45) is 0. The summed E-state index contributed by atoms with van der Waals surface area (Å²) in [5.41, 5.74) is 6.30. The zero-order chi connectivity index (χ0) is 14.1. The van der Waals surface area contributed by atoms with E-state index in [-0.39, 0.29) is 0 Å². The van der Waals surface area contributed by atoms with E-state index in [0.717, 1.165) is 24.4 Å². The SMILES string of the molecule is CCN(CCOc1cccc(C#CCN)c1)C(C)C. The first-order valence-corrected chi connectivity index (χ1v) is 6.83. The van der Waals surface area contributed by atoms with Crippen molar-refractivity contribution in [2.75, 3.05) is 26.2 Å². The van der Waals surface area contributed by atoms with Crippen molar-refractivity contribution in [3.63, 3.8) is 0 Å². The van der Waals surface area contributed by atoms with Crippen LogP contribution in [0.15, 0.2) is 24.3 Å². The molecule has 0 heterocycles. The number of likely N-dealkylation sites (N-methyl/N-ethyl adjacent to an activating group) is 1. The normalized spacial score (nSPS) is 10.4. The number of hydrogen-bond acceptors (Lipinski definition) is 3. The maximum atomic E-state index is 5.77. The first kappa shape index (κ1) is 15.6. The van der Waals surface area contributed by atoms with Crippen LogP contribution >= 0.6 is 0 Å². The van der Waals surface area contributed by atoms with Crippen LogP contribution in [-0.2, 0) is 0 Å². The molecule has 0 aliphatic rings. The number of benzene rings is 1. The Kier molecular flexibility index (Phi) is 7.02. The van der Waals surface area contributed by atoms with Gasteiger partial charge < -0.3 is 10.5 Å². The van der Waals surface area contributed by atoms with Gasteiger partial charge in [0.1, 0.15) is 12.4 Å². The van der Waals surface area contributed by atoms with E-state index in [1.807, 2.05) is 24.3 Å². The lowest BCUT2D eigenvalue weighted by atomic mass is 10.2. The molecule has 0 aliphatic carbocycles. The van der Waals surface area contributed by atoms with Crippen LogP contribution in [0.1, 0.15) is 26.3 Å². The average Bonchev–Trinajstić information content (AvgIpc) is 2.41. The minimum atomic E-state index is 0.380. The molecule has 0 saturated heterocycles. The van der Waals surface area contributed by atoms with Crippen LogP contribution in [0.5, 0.6) is 5.75 Å². The number of nitrogens with zero attached hydrogens (tertiary/aromatic N) is 1. The molecule has 3 heteroatoms. The van der Waals surface area contributed by atoms with E-state index in [0.29, 0.717) is 19.2 Å². The summed E-state index contributed by atoms with van der Waals surface area (Å²) < 4.78 is 5.77. The van der Waals surface area contributed by atoms with Gasteiger partial charge >= 0.3 is 0 Å². The predicted molar refractivity (Wildman–Crippen MR) is 80.3 cm³/mol. The molecule has 3 nitrogen and oxygen atoms in total. The Hall–Kier alpha value is -1.50. The summed E-state index contributed by atoms with van der Waals surface area (Å²) in [5, 5.41) is 0. The monoisotopic (exact) mass is 260 g/mol. The lowest BCUT2D eigenvalue weighted by molar-refractivity contribution is 0.183. The Bertz CT molecular complexity index is 432. The molecule has 0 fully saturated rings. The van der Waals surface area contributed by atoms with E-state index in [9.17, 15) is 0 Å². The van der Waals surface area contributed by atoms with Gasteiger partial charge in [-0.25, -0.2) is 0 Å². The highest BCUT2D eigenvalue weighted by molar-refractivity contribution is 5.39. The third kappa shape index (κ3) is 5.78. The van der Waals surface area contributed by atoms with E-state index in [2.05, 4.69) is 37.5 Å². The summed E-state index contributed by atoms with van der Waals surface area (Å²) in [4.78, 5) is 2.37. The Morgan fingerprint density at radius 2 is 2.16 bits per heavy atom. The van der Waals surface area contributed by atoms with Crippen LogP contribution in [-0.4, -0.2) is 37.2 Å². The zero-order valence-electron chi connectivity index (χ0n) is 12.1. The fourth-order valence-corrected chi connectivity index (χ4v) is 1.88. The molecule has 0 aromatic heterocycles. The van der Waals surface area contributed by atoms with Gasteiger partial charge in [-0.1, -0.05) is 24.8 Å². The van der Waals surface area contributed by atoms with Crippen LogP contribution < -0.4 is 10.5 Å². The quantitative estimate of drug-likeness (QED) is 0.796. The highest BCUT2D eigenvalue weighted by atomic mass is 16.5. The molecule has 104 valence electrons. The van der Waals surface area contributed by atoms with Crippen molar-refractivity contribution in [3.05, 3.63) is 29.8 Å². The highest BCUT2D eigenvalue weighted by Gasteiger charge is 2.06. The summed E-state index contributed by atoms with van der Waals surface area (Å²) >= 11 is 0. The topological polar surface area (TPSA) is 38.5 Å². The van der Waals surface area contributed by atoms with Crippen molar-refractivity contribution in [3.8, 4) is 17.6 Å². The fraction of sp³-hybridized carbons (Fsp3) is 0.500. The van der Waals surface area contributed by atoms with Crippen LogP contribution in [0, 0.1) is 11.8 Å². The van der Waals surface area contributed by atoms with E-state index in [1.165, 1.54) is 0 Å². The van der Waals surface area contributed by atoms with Gasteiger partial charge in [-0.15, -0.1) is 0 Å². The van der Waals surface area contributed by atoms with Crippen molar-refractivity contribution in [2.24, 2.45) is 5.73 Å². The van der Waals surface area contributed by atoms with Gasteiger partial charge in [-0.3, -0.25) is 4.90 Å². The number of ether oxygens (including phenoxy) is 1. The first-order chi connectivity index (χ1) is 9.17. The smallest absolute Gasteiger partial charge is 0.120 e. The van der Waals surface area contributed by atoms with Crippen molar-refractivity contribution in [2.45, 2.75) is 26.8 Å². The lowest BCUT2D eigenvalue weighted by Gasteiger charge is -2.24. The Morgan fingerprint density at radius 1 is 1.37 bits per heavy atom. The van der Waals surface area contributed by atoms with Gasteiger partial charge in [0.05, 0.1) is 6.54 Å². The van der Waals surface area contributed by atoms with Crippen LogP contribution in [0.2, 0.25) is 0 Å². The minimum Gasteiger partial charge on any atom is -0.492 e. The Morgan fingerprint density at radius 3 is 2.79 bits per heavy atom. The van der Waals surface area contributed by atoms with Crippen molar-refractivity contribution >= 4 is 0 Å². The Labute approximate surface area is 116 Å². The highest BCUT2D eigenvalue weighted by Crippen LogP contribution is 2.12. The second-order valence-corrected chi connectivity index (χ2v) is 4.60. The molecule has 0 atom stereocenters. The summed E-state index contributed by atoms with van der Waals surface area (Å²) in [6.45, 7) is 9.63. The largest absolute Gasteiger partial charge is 0.492 e. The zero-order valence-corrected chi connectivity index (χ0v) is 12.1. The number of nitrogens with two attached hydrogens (primary N) is 1. The molecule has 19 heavy (non-hydrogen) atoms. The molecule has 1 aromatic rings. The molecule has 0 bridgehead atoms. The molecular formula is C16H24N2O. The molecule has 1 aromatic carbocycles. The molecule has 1 rings (SSSR count). The predicted octanol–water partition coefficient (Wildman–Crippen LogP) is 2.11. The standard InChI is InChI=1S/C16H24N2O/c1-4-18(14(2)3)11-12-19-16-9-5-7-15(13-16)8-6-10-17/h5,7,9,13-14H,4,10-12,17H2,1-3H3. The molecule has 0 saturated carbocycles. The molecule has 0 spiro atoms. The third-order valence-corrected chi connectivity index (χ3v) is 2.95. The first-order valence-electron chi connectivity index (χ1n) is 6.83. The van der Waals surface area contributed by atoms with Crippen molar-refractivity contribution in [1.29, 1.82) is 0 Å². The molecule has 0 amide bonds. The van der Waals surface area contributed by atoms with Crippen LogP contribution in [0.3, 0.4) is 0 Å². The van der Waals surface area contributed by atoms with E-state index in [4.69, 9.17) is 10.5 Å². The van der Waals surface area contributed by atoms with Crippen molar-refractivity contribution < 1.29 is 4.74 Å². The minimum absolute atomic E-state index is 0.380.